The number of carbonyl (C=O) groups excluding carboxylic acids is 2. The Morgan fingerprint density at radius 2 is 1.67 bits per heavy atom. The summed E-state index contributed by atoms with van der Waals surface area (Å²) in [6.07, 6.45) is 2.46. The maximum absolute atomic E-state index is 13.3. The monoisotopic (exact) mass is 482 g/mol. The van der Waals surface area contributed by atoms with Gasteiger partial charge in [0, 0.05) is 29.2 Å². The first-order chi connectivity index (χ1) is 17.5. The number of benzene rings is 3. The van der Waals surface area contributed by atoms with Crippen molar-refractivity contribution in [3.05, 3.63) is 101 Å². The van der Waals surface area contributed by atoms with E-state index in [2.05, 4.69) is 4.98 Å². The van der Waals surface area contributed by atoms with Gasteiger partial charge in [0.2, 0.25) is 0 Å². The summed E-state index contributed by atoms with van der Waals surface area (Å²) in [5, 5.41) is 12.3. The van der Waals surface area contributed by atoms with Gasteiger partial charge < -0.3 is 24.5 Å². The molecule has 0 spiro atoms. The van der Waals surface area contributed by atoms with Gasteiger partial charge in [-0.15, -0.1) is 0 Å². The van der Waals surface area contributed by atoms with Crippen LogP contribution in [0.1, 0.15) is 22.7 Å². The molecule has 1 saturated heterocycles. The fourth-order valence-corrected chi connectivity index (χ4v) is 4.81. The Morgan fingerprint density at radius 1 is 0.944 bits per heavy atom. The third-order valence-electron chi connectivity index (χ3n) is 6.61. The zero-order valence-corrected chi connectivity index (χ0v) is 20.0. The van der Waals surface area contributed by atoms with Crippen LogP contribution in [0.4, 0.5) is 0 Å². The zero-order valence-electron chi connectivity index (χ0n) is 20.0. The average Bonchev–Trinajstić information content (AvgIpc) is 3.45. The number of rotatable bonds is 7. The number of ether oxygens (including phenoxy) is 2. The van der Waals surface area contributed by atoms with Crippen LogP contribution in [-0.2, 0) is 16.0 Å². The topological polar surface area (TPSA) is 91.9 Å². The van der Waals surface area contributed by atoms with Crippen molar-refractivity contribution in [2.24, 2.45) is 0 Å². The molecule has 1 aromatic heterocycles. The van der Waals surface area contributed by atoms with Crippen molar-refractivity contribution in [3.8, 4) is 11.5 Å². The van der Waals surface area contributed by atoms with Crippen LogP contribution in [0.15, 0.2) is 84.6 Å². The Morgan fingerprint density at radius 3 is 2.42 bits per heavy atom. The second kappa shape index (κ2) is 9.62. The molecule has 1 amide bonds. The number of fused-ring (bicyclic) bond motifs is 1. The Hall–Kier alpha value is -4.52. The molecule has 0 aliphatic carbocycles. The number of nitrogens with zero attached hydrogens (tertiary/aromatic N) is 1. The van der Waals surface area contributed by atoms with E-state index in [1.807, 2.05) is 36.5 Å². The third kappa shape index (κ3) is 3.98. The Labute approximate surface area is 208 Å². The summed E-state index contributed by atoms with van der Waals surface area (Å²) in [5.41, 5.74) is 3.22. The number of aromatic nitrogens is 1. The molecule has 3 aromatic carbocycles. The summed E-state index contributed by atoms with van der Waals surface area (Å²) in [6.45, 7) is 0.289. The molecule has 0 saturated carbocycles. The predicted molar refractivity (Wildman–Crippen MR) is 137 cm³/mol. The lowest BCUT2D eigenvalue weighted by molar-refractivity contribution is -0.139. The molecular formula is C29H26N2O5. The minimum atomic E-state index is -0.782. The number of nitrogens with one attached hydrogen (secondary N) is 1. The SMILES string of the molecule is COc1ccc(C2C(=C(O)c3ccccc3)C(=O)C(=O)N2CCc2c[nH]c3ccccc23)cc1OC. The molecule has 1 atom stereocenters. The number of amides is 1. The van der Waals surface area contributed by atoms with Crippen LogP contribution < -0.4 is 9.47 Å². The molecule has 36 heavy (non-hydrogen) atoms. The quantitative estimate of drug-likeness (QED) is 0.223. The molecule has 182 valence electrons. The van der Waals surface area contributed by atoms with Crippen LogP contribution in [0.25, 0.3) is 16.7 Å². The lowest BCUT2D eigenvalue weighted by atomic mass is 9.95. The van der Waals surface area contributed by atoms with E-state index in [0.717, 1.165) is 16.5 Å². The van der Waals surface area contributed by atoms with Crippen LogP contribution in [-0.4, -0.2) is 47.4 Å². The van der Waals surface area contributed by atoms with Crippen LogP contribution in [0.3, 0.4) is 0 Å². The average molecular weight is 483 g/mol. The van der Waals surface area contributed by atoms with Gasteiger partial charge in [0.25, 0.3) is 11.7 Å². The summed E-state index contributed by atoms with van der Waals surface area (Å²) >= 11 is 0. The largest absolute Gasteiger partial charge is 0.507 e. The maximum atomic E-state index is 13.3. The molecule has 5 rings (SSSR count). The molecule has 4 aromatic rings. The summed E-state index contributed by atoms with van der Waals surface area (Å²) in [4.78, 5) is 31.4. The lowest BCUT2D eigenvalue weighted by Gasteiger charge is -2.26. The number of likely N-dealkylation sites (tertiary alicyclic amines) is 1. The highest BCUT2D eigenvalue weighted by Crippen LogP contribution is 2.42. The molecule has 1 aliphatic heterocycles. The van der Waals surface area contributed by atoms with Gasteiger partial charge in [0.1, 0.15) is 5.76 Å². The van der Waals surface area contributed by atoms with Crippen molar-refractivity contribution in [1.29, 1.82) is 0 Å². The molecule has 7 nitrogen and oxygen atoms in total. The van der Waals surface area contributed by atoms with Crippen molar-refractivity contribution in [2.45, 2.75) is 12.5 Å². The van der Waals surface area contributed by atoms with Gasteiger partial charge >= 0.3 is 0 Å². The lowest BCUT2D eigenvalue weighted by Crippen LogP contribution is -2.31. The zero-order chi connectivity index (χ0) is 25.2. The molecule has 1 aliphatic rings. The maximum Gasteiger partial charge on any atom is 0.295 e. The fourth-order valence-electron chi connectivity index (χ4n) is 4.81. The number of carbonyl (C=O) groups is 2. The Balaban J connectivity index is 1.59. The number of hydrogen-bond donors (Lipinski definition) is 2. The van der Waals surface area contributed by atoms with Crippen molar-refractivity contribution in [3.63, 3.8) is 0 Å². The number of H-pyrrole nitrogens is 1. The van der Waals surface area contributed by atoms with E-state index >= 15 is 0 Å². The number of aromatic amines is 1. The third-order valence-corrected chi connectivity index (χ3v) is 6.61. The number of para-hydroxylation sites is 1. The van der Waals surface area contributed by atoms with Gasteiger partial charge in [-0.1, -0.05) is 54.6 Å². The van der Waals surface area contributed by atoms with E-state index in [0.29, 0.717) is 29.0 Å². The number of methoxy groups -OCH3 is 2. The number of aliphatic hydroxyl groups excluding tert-OH is 1. The number of ketones is 1. The first-order valence-corrected chi connectivity index (χ1v) is 11.6. The van der Waals surface area contributed by atoms with Crippen molar-refractivity contribution in [2.75, 3.05) is 20.8 Å². The standard InChI is InChI=1S/C29H26N2O5/c1-35-23-13-12-19(16-24(23)36-2)26-25(27(32)18-8-4-3-5-9-18)28(33)29(34)31(26)15-14-20-17-30-22-11-7-6-10-21(20)22/h3-13,16-17,26,30,32H,14-15H2,1-2H3. The van der Waals surface area contributed by atoms with Crippen molar-refractivity contribution >= 4 is 28.4 Å². The molecule has 1 unspecified atom stereocenters. The first-order valence-electron chi connectivity index (χ1n) is 11.6. The van der Waals surface area contributed by atoms with E-state index < -0.39 is 17.7 Å². The highest BCUT2D eigenvalue weighted by Gasteiger charge is 2.46. The normalized spacial score (nSPS) is 17.1. The summed E-state index contributed by atoms with van der Waals surface area (Å²) in [7, 11) is 3.07. The van der Waals surface area contributed by atoms with Crippen molar-refractivity contribution in [1.82, 2.24) is 9.88 Å². The van der Waals surface area contributed by atoms with E-state index in [1.54, 1.807) is 49.6 Å². The molecule has 2 heterocycles. The number of hydrogen-bond acceptors (Lipinski definition) is 5. The Kier molecular flexibility index (Phi) is 6.21. The molecule has 0 radical (unpaired) electrons. The summed E-state index contributed by atoms with van der Waals surface area (Å²) < 4.78 is 10.8. The van der Waals surface area contributed by atoms with Crippen molar-refractivity contribution < 1.29 is 24.2 Å². The van der Waals surface area contributed by atoms with E-state index in [9.17, 15) is 14.7 Å². The molecule has 2 N–H and O–H groups in total. The van der Waals surface area contributed by atoms with Gasteiger partial charge in [-0.05, 0) is 35.7 Å². The minimum Gasteiger partial charge on any atom is -0.507 e. The fraction of sp³-hybridized carbons (Fsp3) is 0.172. The van der Waals surface area contributed by atoms with Crippen LogP contribution in [0.2, 0.25) is 0 Å². The van der Waals surface area contributed by atoms with Gasteiger partial charge in [0.05, 0.1) is 25.8 Å². The minimum absolute atomic E-state index is 0.0531. The summed E-state index contributed by atoms with van der Waals surface area (Å²) in [6, 6.07) is 21.2. The van der Waals surface area contributed by atoms with E-state index in [-0.39, 0.29) is 17.9 Å². The van der Waals surface area contributed by atoms with E-state index in [4.69, 9.17) is 9.47 Å². The van der Waals surface area contributed by atoms with Crippen LogP contribution in [0.5, 0.6) is 11.5 Å². The van der Waals surface area contributed by atoms with E-state index in [1.165, 1.54) is 12.0 Å². The Bertz CT molecular complexity index is 1470. The highest BCUT2D eigenvalue weighted by molar-refractivity contribution is 6.46. The predicted octanol–water partition coefficient (Wildman–Crippen LogP) is 4.85. The molecule has 1 fully saturated rings. The second-order valence-electron chi connectivity index (χ2n) is 8.58. The van der Waals surface area contributed by atoms with Gasteiger partial charge in [0.15, 0.2) is 11.5 Å². The second-order valence-corrected chi connectivity index (χ2v) is 8.58. The molecule has 0 bridgehead atoms. The number of Topliss-reactive ketones (excluding diaryl/α,β-unsaturated/α-hetero) is 1. The summed E-state index contributed by atoms with van der Waals surface area (Å²) in [5.74, 6) is -0.567. The highest BCUT2D eigenvalue weighted by atomic mass is 16.5. The van der Waals surface area contributed by atoms with Gasteiger partial charge in [-0.2, -0.15) is 0 Å². The smallest absolute Gasteiger partial charge is 0.295 e. The van der Waals surface area contributed by atoms with Gasteiger partial charge in [-0.3, -0.25) is 9.59 Å². The number of aliphatic hydroxyl groups is 1. The van der Waals surface area contributed by atoms with Crippen LogP contribution in [0, 0.1) is 0 Å². The molecular weight excluding hydrogens is 456 g/mol. The first kappa shape index (κ1) is 23.2. The van der Waals surface area contributed by atoms with Gasteiger partial charge in [-0.25, -0.2) is 0 Å². The molecule has 7 heteroatoms. The van der Waals surface area contributed by atoms with Crippen LogP contribution >= 0.6 is 0 Å².